The summed E-state index contributed by atoms with van der Waals surface area (Å²) in [5.41, 5.74) is 4.34. The Morgan fingerprint density at radius 2 is 1.79 bits per heavy atom. The molecule has 3 N–H and O–H groups in total. The zero-order valence-electron chi connectivity index (χ0n) is 10.9. The van der Waals surface area contributed by atoms with Crippen molar-refractivity contribution in [3.8, 4) is 0 Å². The first-order chi connectivity index (χ1) is 9.15. The van der Waals surface area contributed by atoms with E-state index in [4.69, 9.17) is 19.9 Å². The minimum absolute atomic E-state index is 0.00231. The summed E-state index contributed by atoms with van der Waals surface area (Å²) < 4.78 is 16.6. The highest BCUT2D eigenvalue weighted by molar-refractivity contribution is 5.30. The smallest absolute Gasteiger partial charge is 0.328 e. The maximum Gasteiger partial charge on any atom is 0.328 e. The van der Waals surface area contributed by atoms with Crippen LogP contribution in [0.2, 0.25) is 0 Å². The van der Waals surface area contributed by atoms with Crippen LogP contribution in [0.4, 0.5) is 5.69 Å². The van der Waals surface area contributed by atoms with Gasteiger partial charge in [0.25, 0.3) is 5.56 Å². The maximum atomic E-state index is 11.4. The Labute approximate surface area is 110 Å². The lowest BCUT2D eigenvalue weighted by atomic mass is 10.5. The number of aromatic nitrogens is 2. The summed E-state index contributed by atoms with van der Waals surface area (Å²) >= 11 is 0. The second-order valence-electron chi connectivity index (χ2n) is 3.75. The van der Waals surface area contributed by atoms with Gasteiger partial charge in [0.15, 0.2) is 0 Å². The third-order valence-electron chi connectivity index (χ3n) is 2.32. The fourth-order valence-corrected chi connectivity index (χ4v) is 1.32. The van der Waals surface area contributed by atoms with E-state index in [0.29, 0.717) is 39.6 Å². The van der Waals surface area contributed by atoms with Gasteiger partial charge < -0.3 is 19.9 Å². The molecule has 1 aromatic heterocycles. The standard InChI is InChI=1S/C11H19N3O5/c1-17-4-5-19-7-6-18-3-2-14-8-9(12)10(15)13-11(14)16/h8H,2-7,12H2,1H3,(H,13,15,16). The van der Waals surface area contributed by atoms with Gasteiger partial charge >= 0.3 is 5.69 Å². The summed E-state index contributed by atoms with van der Waals surface area (Å²) in [5.74, 6) is 0. The molecule has 108 valence electrons. The molecule has 0 aromatic carbocycles. The molecule has 0 bridgehead atoms. The lowest BCUT2D eigenvalue weighted by molar-refractivity contribution is 0.0228. The van der Waals surface area contributed by atoms with E-state index in [-0.39, 0.29) is 5.69 Å². The van der Waals surface area contributed by atoms with Gasteiger partial charge in [0.05, 0.1) is 39.6 Å². The summed E-state index contributed by atoms with van der Waals surface area (Å²) in [6, 6.07) is 0. The van der Waals surface area contributed by atoms with Gasteiger partial charge in [-0.05, 0) is 0 Å². The van der Waals surface area contributed by atoms with Crippen LogP contribution >= 0.6 is 0 Å². The topological polar surface area (TPSA) is 109 Å². The van der Waals surface area contributed by atoms with Crippen molar-refractivity contribution in [2.24, 2.45) is 0 Å². The summed E-state index contributed by atoms with van der Waals surface area (Å²) in [7, 11) is 1.60. The largest absolute Gasteiger partial charge is 0.393 e. The van der Waals surface area contributed by atoms with Crippen molar-refractivity contribution in [2.75, 3.05) is 45.9 Å². The van der Waals surface area contributed by atoms with E-state index in [1.807, 2.05) is 0 Å². The second kappa shape index (κ2) is 8.46. The molecular formula is C11H19N3O5. The Bertz CT molecular complexity index is 482. The molecule has 0 fully saturated rings. The fourth-order valence-electron chi connectivity index (χ4n) is 1.32. The number of nitrogens with two attached hydrogens (primary N) is 1. The zero-order chi connectivity index (χ0) is 14.1. The molecule has 0 radical (unpaired) electrons. The molecule has 0 saturated heterocycles. The number of nitrogens with zero attached hydrogens (tertiary/aromatic N) is 1. The summed E-state index contributed by atoms with van der Waals surface area (Å²) in [6.07, 6.45) is 1.31. The number of anilines is 1. The van der Waals surface area contributed by atoms with Crippen molar-refractivity contribution < 1.29 is 14.2 Å². The number of nitrogen functional groups attached to an aromatic ring is 1. The SMILES string of the molecule is COCCOCCOCCn1cc(N)c(=O)[nH]c1=O. The maximum absolute atomic E-state index is 11.4. The van der Waals surface area contributed by atoms with Gasteiger partial charge in [-0.1, -0.05) is 0 Å². The van der Waals surface area contributed by atoms with Crippen LogP contribution in [-0.2, 0) is 20.8 Å². The number of nitrogens with one attached hydrogen (secondary N) is 1. The van der Waals surface area contributed by atoms with Gasteiger partial charge in [0, 0.05) is 13.3 Å². The summed E-state index contributed by atoms with van der Waals surface area (Å²) in [4.78, 5) is 24.5. The number of aromatic amines is 1. The molecule has 0 aliphatic heterocycles. The van der Waals surface area contributed by atoms with Crippen LogP contribution in [0.1, 0.15) is 0 Å². The predicted octanol–water partition coefficient (Wildman–Crippen LogP) is -1.20. The number of rotatable bonds is 9. The Kier molecular flexibility index (Phi) is 6.86. The third kappa shape index (κ3) is 5.69. The molecule has 8 heteroatoms. The Balaban J connectivity index is 2.21. The van der Waals surface area contributed by atoms with Gasteiger partial charge in [-0.25, -0.2) is 4.79 Å². The summed E-state index contributed by atoms with van der Waals surface area (Å²) in [5, 5.41) is 0. The molecule has 8 nitrogen and oxygen atoms in total. The van der Waals surface area contributed by atoms with Crippen molar-refractivity contribution >= 4 is 5.69 Å². The molecule has 0 unspecified atom stereocenters. The van der Waals surface area contributed by atoms with Crippen LogP contribution in [-0.4, -0.2) is 49.7 Å². The van der Waals surface area contributed by atoms with E-state index in [9.17, 15) is 9.59 Å². The lowest BCUT2D eigenvalue weighted by Gasteiger charge is -2.07. The van der Waals surface area contributed by atoms with Crippen LogP contribution in [0.3, 0.4) is 0 Å². The zero-order valence-corrected chi connectivity index (χ0v) is 10.9. The molecular weight excluding hydrogens is 254 g/mol. The van der Waals surface area contributed by atoms with Crippen molar-refractivity contribution in [2.45, 2.75) is 6.54 Å². The van der Waals surface area contributed by atoms with Gasteiger partial charge in [0.1, 0.15) is 5.69 Å². The lowest BCUT2D eigenvalue weighted by Crippen LogP contribution is -2.32. The average molecular weight is 273 g/mol. The molecule has 1 aromatic rings. The highest BCUT2D eigenvalue weighted by Gasteiger charge is 2.00. The molecule has 0 aliphatic rings. The number of H-pyrrole nitrogens is 1. The Morgan fingerprint density at radius 1 is 1.16 bits per heavy atom. The van der Waals surface area contributed by atoms with Crippen LogP contribution in [0.15, 0.2) is 15.8 Å². The fraction of sp³-hybridized carbons (Fsp3) is 0.636. The molecule has 1 heterocycles. The number of hydrogen-bond acceptors (Lipinski definition) is 6. The highest BCUT2D eigenvalue weighted by atomic mass is 16.5. The molecule has 19 heavy (non-hydrogen) atoms. The van der Waals surface area contributed by atoms with Gasteiger partial charge in [0.2, 0.25) is 0 Å². The third-order valence-corrected chi connectivity index (χ3v) is 2.32. The van der Waals surface area contributed by atoms with Crippen LogP contribution in [0, 0.1) is 0 Å². The van der Waals surface area contributed by atoms with Gasteiger partial charge in [-0.15, -0.1) is 0 Å². The average Bonchev–Trinajstić information content (AvgIpc) is 2.38. The monoisotopic (exact) mass is 273 g/mol. The minimum Gasteiger partial charge on any atom is -0.393 e. The van der Waals surface area contributed by atoms with Crippen molar-refractivity contribution in [3.05, 3.63) is 27.0 Å². The number of methoxy groups -OCH3 is 1. The first kappa shape index (κ1) is 15.4. The second-order valence-corrected chi connectivity index (χ2v) is 3.75. The van der Waals surface area contributed by atoms with Crippen LogP contribution in [0.5, 0.6) is 0 Å². The van der Waals surface area contributed by atoms with E-state index < -0.39 is 11.2 Å². The molecule has 0 aliphatic carbocycles. The normalized spacial score (nSPS) is 10.8. The molecule has 0 spiro atoms. The summed E-state index contributed by atoms with van der Waals surface area (Å²) in [6.45, 7) is 2.61. The minimum atomic E-state index is -0.575. The predicted molar refractivity (Wildman–Crippen MR) is 69.2 cm³/mol. The van der Waals surface area contributed by atoms with Gasteiger partial charge in [-0.2, -0.15) is 0 Å². The quantitative estimate of drug-likeness (QED) is 0.547. The Hall–Kier alpha value is -1.64. The molecule has 0 saturated carbocycles. The van der Waals surface area contributed by atoms with E-state index >= 15 is 0 Å². The van der Waals surface area contributed by atoms with E-state index in [0.717, 1.165) is 0 Å². The number of hydrogen-bond donors (Lipinski definition) is 2. The Morgan fingerprint density at radius 3 is 2.47 bits per heavy atom. The van der Waals surface area contributed by atoms with E-state index in [1.165, 1.54) is 10.8 Å². The molecule has 0 amide bonds. The number of ether oxygens (including phenoxy) is 3. The van der Waals surface area contributed by atoms with Crippen molar-refractivity contribution in [3.63, 3.8) is 0 Å². The van der Waals surface area contributed by atoms with Gasteiger partial charge in [-0.3, -0.25) is 14.3 Å². The van der Waals surface area contributed by atoms with Crippen molar-refractivity contribution in [1.82, 2.24) is 9.55 Å². The van der Waals surface area contributed by atoms with Crippen molar-refractivity contribution in [1.29, 1.82) is 0 Å². The first-order valence-electron chi connectivity index (χ1n) is 5.89. The van der Waals surface area contributed by atoms with E-state index in [1.54, 1.807) is 7.11 Å². The van der Waals surface area contributed by atoms with Crippen LogP contribution in [0.25, 0.3) is 0 Å². The first-order valence-corrected chi connectivity index (χ1v) is 5.89. The highest BCUT2D eigenvalue weighted by Crippen LogP contribution is 1.88. The van der Waals surface area contributed by atoms with Crippen LogP contribution < -0.4 is 17.0 Å². The molecule has 1 rings (SSSR count). The molecule has 0 atom stereocenters. The van der Waals surface area contributed by atoms with E-state index in [2.05, 4.69) is 4.98 Å².